The van der Waals surface area contributed by atoms with Crippen molar-refractivity contribution < 1.29 is 24.1 Å². The van der Waals surface area contributed by atoms with E-state index < -0.39 is 11.9 Å². The van der Waals surface area contributed by atoms with Crippen LogP contribution in [-0.2, 0) is 30.7 Å². The molecule has 0 aliphatic heterocycles. The number of carboxylic acid groups (broad SMARTS) is 1. The van der Waals surface area contributed by atoms with Gasteiger partial charge in [-0.25, -0.2) is 9.37 Å². The Morgan fingerprint density at radius 3 is 2.42 bits per heavy atom. The first-order chi connectivity index (χ1) is 14.9. The lowest BCUT2D eigenvalue weighted by Gasteiger charge is -2.13. The van der Waals surface area contributed by atoms with Gasteiger partial charge in [0.1, 0.15) is 5.82 Å². The number of aliphatic hydroxyl groups is 1. The van der Waals surface area contributed by atoms with Crippen LogP contribution >= 0.6 is 0 Å². The maximum atomic E-state index is 14.8. The van der Waals surface area contributed by atoms with Crippen molar-refractivity contribution in [3.63, 3.8) is 0 Å². The van der Waals surface area contributed by atoms with E-state index in [1.165, 1.54) is 13.2 Å². The van der Waals surface area contributed by atoms with Gasteiger partial charge in [0.25, 0.3) is 0 Å². The van der Waals surface area contributed by atoms with Crippen molar-refractivity contribution in [2.24, 2.45) is 5.92 Å². The van der Waals surface area contributed by atoms with Crippen molar-refractivity contribution in [3.05, 3.63) is 82.8 Å². The fraction of sp³-hybridized carbons (Fsp3) is 0.280. The molecule has 0 saturated carbocycles. The van der Waals surface area contributed by atoms with Crippen molar-refractivity contribution in [1.29, 1.82) is 0 Å². The average molecular weight is 423 g/mol. The van der Waals surface area contributed by atoms with E-state index in [1.807, 2.05) is 24.3 Å². The highest BCUT2D eigenvalue weighted by Gasteiger charge is 2.14. The molecule has 1 aromatic heterocycles. The minimum Gasteiger partial charge on any atom is -0.481 e. The molecule has 3 aromatic rings. The number of hydrogen-bond acceptors (Lipinski definition) is 4. The van der Waals surface area contributed by atoms with Crippen molar-refractivity contribution in [2.75, 3.05) is 7.11 Å². The standard InChI is InChI=1S/C25H26FNO4/c1-16(25(29)30)11-17-3-4-22(15-28)19(12-17)7-5-18-6-8-20(13-23(18)26)21-9-10-27-24(14-21)31-2/h3-4,6,8-10,12-14,16,28H,5,7,11,15H2,1-2H3,(H,29,30). The summed E-state index contributed by atoms with van der Waals surface area (Å²) in [6.07, 6.45) is 3.04. The second-order valence-corrected chi connectivity index (χ2v) is 7.60. The van der Waals surface area contributed by atoms with Gasteiger partial charge in [0.2, 0.25) is 5.88 Å². The fourth-order valence-corrected chi connectivity index (χ4v) is 3.53. The number of methoxy groups -OCH3 is 1. The number of aliphatic hydroxyl groups excluding tert-OH is 1. The Balaban J connectivity index is 1.76. The van der Waals surface area contributed by atoms with Crippen molar-refractivity contribution in [3.8, 4) is 17.0 Å². The minimum atomic E-state index is -0.846. The lowest BCUT2D eigenvalue weighted by atomic mass is 9.93. The molecule has 1 heterocycles. The van der Waals surface area contributed by atoms with Gasteiger partial charge in [-0.2, -0.15) is 0 Å². The second-order valence-electron chi connectivity index (χ2n) is 7.60. The number of rotatable bonds is 9. The molecule has 1 atom stereocenters. The number of aliphatic carboxylic acids is 1. The van der Waals surface area contributed by atoms with Crippen LogP contribution in [0.4, 0.5) is 4.39 Å². The van der Waals surface area contributed by atoms with Gasteiger partial charge in [0, 0.05) is 12.3 Å². The first kappa shape index (κ1) is 22.4. The predicted octanol–water partition coefficient (Wildman–Crippen LogP) is 4.44. The third-order valence-corrected chi connectivity index (χ3v) is 5.40. The molecule has 6 heteroatoms. The van der Waals surface area contributed by atoms with Gasteiger partial charge in [-0.15, -0.1) is 0 Å². The van der Waals surface area contributed by atoms with E-state index in [-0.39, 0.29) is 12.4 Å². The second kappa shape index (κ2) is 10.2. The van der Waals surface area contributed by atoms with E-state index in [0.29, 0.717) is 30.7 Å². The van der Waals surface area contributed by atoms with Crippen LogP contribution in [0.2, 0.25) is 0 Å². The number of ether oxygens (including phenoxy) is 1. The van der Waals surface area contributed by atoms with E-state index in [0.717, 1.165) is 27.8 Å². The molecule has 0 radical (unpaired) electrons. The van der Waals surface area contributed by atoms with Crippen LogP contribution in [0.15, 0.2) is 54.7 Å². The normalized spacial score (nSPS) is 11.9. The summed E-state index contributed by atoms with van der Waals surface area (Å²) in [7, 11) is 1.54. The lowest BCUT2D eigenvalue weighted by molar-refractivity contribution is -0.141. The maximum Gasteiger partial charge on any atom is 0.306 e. The summed E-state index contributed by atoms with van der Waals surface area (Å²) in [5, 5.41) is 18.8. The van der Waals surface area contributed by atoms with Gasteiger partial charge in [0.15, 0.2) is 0 Å². The highest BCUT2D eigenvalue weighted by atomic mass is 19.1. The quantitative estimate of drug-likeness (QED) is 0.532. The number of hydrogen-bond donors (Lipinski definition) is 2. The van der Waals surface area contributed by atoms with E-state index >= 15 is 0 Å². The molecule has 0 fully saturated rings. The molecule has 0 aliphatic carbocycles. The zero-order chi connectivity index (χ0) is 22.4. The van der Waals surface area contributed by atoms with Crippen molar-refractivity contribution in [1.82, 2.24) is 4.98 Å². The molecular weight excluding hydrogens is 397 g/mol. The molecule has 0 spiro atoms. The van der Waals surface area contributed by atoms with Crippen molar-refractivity contribution in [2.45, 2.75) is 32.8 Å². The Labute approximate surface area is 181 Å². The number of halogens is 1. The van der Waals surface area contributed by atoms with Gasteiger partial charge in [-0.05, 0) is 64.8 Å². The first-order valence-corrected chi connectivity index (χ1v) is 10.1. The van der Waals surface area contributed by atoms with Crippen molar-refractivity contribution >= 4 is 5.97 Å². The van der Waals surface area contributed by atoms with E-state index in [1.54, 1.807) is 31.3 Å². The molecule has 3 rings (SSSR count). The van der Waals surface area contributed by atoms with Crippen LogP contribution in [0.1, 0.15) is 29.2 Å². The summed E-state index contributed by atoms with van der Waals surface area (Å²) in [4.78, 5) is 15.2. The van der Waals surface area contributed by atoms with Crippen LogP contribution in [0.5, 0.6) is 5.88 Å². The SMILES string of the molecule is COc1cc(-c2ccc(CCc3cc(CC(C)C(=O)O)ccc3CO)c(F)c2)ccn1. The smallest absolute Gasteiger partial charge is 0.306 e. The molecule has 2 aromatic carbocycles. The summed E-state index contributed by atoms with van der Waals surface area (Å²) in [5.74, 6) is -1.17. The van der Waals surface area contributed by atoms with Gasteiger partial charge >= 0.3 is 5.97 Å². The number of aryl methyl sites for hydroxylation is 2. The Morgan fingerprint density at radius 1 is 1.03 bits per heavy atom. The van der Waals surface area contributed by atoms with Crippen LogP contribution in [0, 0.1) is 11.7 Å². The zero-order valence-electron chi connectivity index (χ0n) is 17.6. The third kappa shape index (κ3) is 5.67. The number of pyridine rings is 1. The minimum absolute atomic E-state index is 0.116. The van der Waals surface area contributed by atoms with Gasteiger partial charge in [-0.1, -0.05) is 37.3 Å². The van der Waals surface area contributed by atoms with Crippen LogP contribution in [0.25, 0.3) is 11.1 Å². The highest BCUT2D eigenvalue weighted by Crippen LogP contribution is 2.25. The van der Waals surface area contributed by atoms with Gasteiger partial charge in [-0.3, -0.25) is 4.79 Å². The zero-order valence-corrected chi connectivity index (χ0v) is 17.6. The molecular formula is C25H26FNO4. The van der Waals surface area contributed by atoms with E-state index in [4.69, 9.17) is 9.84 Å². The highest BCUT2D eigenvalue weighted by molar-refractivity contribution is 5.70. The summed E-state index contributed by atoms with van der Waals surface area (Å²) in [6.45, 7) is 1.55. The van der Waals surface area contributed by atoms with Crippen LogP contribution in [0.3, 0.4) is 0 Å². The largest absolute Gasteiger partial charge is 0.481 e. The number of carbonyl (C=O) groups is 1. The van der Waals surface area contributed by atoms with E-state index in [9.17, 15) is 14.3 Å². The Kier molecular flexibility index (Phi) is 7.36. The molecule has 1 unspecified atom stereocenters. The fourth-order valence-electron chi connectivity index (χ4n) is 3.53. The number of aromatic nitrogens is 1. The molecule has 0 bridgehead atoms. The Morgan fingerprint density at radius 2 is 1.74 bits per heavy atom. The van der Waals surface area contributed by atoms with Crippen LogP contribution < -0.4 is 4.74 Å². The monoisotopic (exact) mass is 423 g/mol. The molecule has 5 nitrogen and oxygen atoms in total. The predicted molar refractivity (Wildman–Crippen MR) is 116 cm³/mol. The molecule has 0 amide bonds. The summed E-state index contributed by atoms with van der Waals surface area (Å²) in [5.41, 5.74) is 4.71. The topological polar surface area (TPSA) is 79.7 Å². The molecule has 0 aliphatic rings. The molecule has 162 valence electrons. The average Bonchev–Trinajstić information content (AvgIpc) is 2.78. The number of benzene rings is 2. The summed E-state index contributed by atoms with van der Waals surface area (Å²) >= 11 is 0. The summed E-state index contributed by atoms with van der Waals surface area (Å²) < 4.78 is 19.9. The molecule has 2 N–H and O–H groups in total. The Bertz CT molecular complexity index is 1070. The molecule has 31 heavy (non-hydrogen) atoms. The summed E-state index contributed by atoms with van der Waals surface area (Å²) in [6, 6.07) is 14.3. The maximum absolute atomic E-state index is 14.8. The Hall–Kier alpha value is -3.25. The van der Waals surface area contributed by atoms with Gasteiger partial charge in [0.05, 0.1) is 19.6 Å². The number of carboxylic acids is 1. The third-order valence-electron chi connectivity index (χ3n) is 5.40. The lowest BCUT2D eigenvalue weighted by Crippen LogP contribution is -2.12. The molecule has 0 saturated heterocycles. The van der Waals surface area contributed by atoms with Gasteiger partial charge < -0.3 is 14.9 Å². The van der Waals surface area contributed by atoms with Crippen LogP contribution in [-0.4, -0.2) is 28.3 Å². The van der Waals surface area contributed by atoms with E-state index in [2.05, 4.69) is 4.98 Å². The first-order valence-electron chi connectivity index (χ1n) is 10.1. The number of nitrogens with zero attached hydrogens (tertiary/aromatic N) is 1.